The summed E-state index contributed by atoms with van der Waals surface area (Å²) < 4.78 is 4.97. The van der Waals surface area contributed by atoms with Gasteiger partial charge in [-0.25, -0.2) is 4.98 Å². The van der Waals surface area contributed by atoms with Crippen LogP contribution in [0.4, 0.5) is 5.82 Å². The Balaban J connectivity index is 1.87. The molecule has 0 radical (unpaired) electrons. The molecule has 1 N–H and O–H groups in total. The summed E-state index contributed by atoms with van der Waals surface area (Å²) in [6.45, 7) is 5.86. The molecule has 24 heavy (non-hydrogen) atoms. The largest absolute Gasteiger partial charge is 0.360 e. The number of amides is 1. The Hall–Kier alpha value is -2.60. The summed E-state index contributed by atoms with van der Waals surface area (Å²) in [5.41, 5.74) is 2.82. The van der Waals surface area contributed by atoms with Crippen molar-refractivity contribution in [3.8, 4) is 0 Å². The van der Waals surface area contributed by atoms with Crippen LogP contribution in [0.3, 0.4) is 0 Å². The average molecular weight is 339 g/mol. The molecule has 2 aromatic heterocycles. The van der Waals surface area contributed by atoms with Gasteiger partial charge in [-0.3, -0.25) is 4.79 Å². The summed E-state index contributed by atoms with van der Waals surface area (Å²) in [5.74, 6) is 0.773. The number of hydrogen-bond donors (Lipinski definition) is 1. The standard InChI is InChI=1S/C18H17N3O2S/c1-11-6-7-12(2)15(9-11)24-18-14(5-4-8-19-18)17(22)20-16-10-13(3)23-21-16/h4-10H,1-3H3,(H,20,21,22). The van der Waals surface area contributed by atoms with Gasteiger partial charge in [-0.15, -0.1) is 0 Å². The van der Waals surface area contributed by atoms with Gasteiger partial charge in [-0.2, -0.15) is 0 Å². The van der Waals surface area contributed by atoms with E-state index in [0.717, 1.165) is 10.5 Å². The van der Waals surface area contributed by atoms with E-state index in [0.29, 0.717) is 22.2 Å². The number of benzene rings is 1. The van der Waals surface area contributed by atoms with Crippen LogP contribution in [0, 0.1) is 20.8 Å². The van der Waals surface area contributed by atoms with Gasteiger partial charge in [-0.1, -0.05) is 29.1 Å². The first-order valence-electron chi connectivity index (χ1n) is 7.48. The van der Waals surface area contributed by atoms with Crippen LogP contribution in [0.1, 0.15) is 27.2 Å². The van der Waals surface area contributed by atoms with Crippen molar-refractivity contribution >= 4 is 23.5 Å². The average Bonchev–Trinajstić information content (AvgIpc) is 2.96. The van der Waals surface area contributed by atoms with Gasteiger partial charge in [-0.05, 0) is 50.1 Å². The second-order valence-electron chi connectivity index (χ2n) is 5.50. The summed E-state index contributed by atoms with van der Waals surface area (Å²) in [6.07, 6.45) is 1.69. The molecule has 2 heterocycles. The smallest absolute Gasteiger partial charge is 0.259 e. The fourth-order valence-corrected chi connectivity index (χ4v) is 3.24. The van der Waals surface area contributed by atoms with Crippen molar-refractivity contribution in [2.75, 3.05) is 5.32 Å². The highest BCUT2D eigenvalue weighted by Gasteiger charge is 2.16. The Kier molecular flexibility index (Phi) is 4.66. The monoisotopic (exact) mass is 339 g/mol. The summed E-state index contributed by atoms with van der Waals surface area (Å²) in [7, 11) is 0. The maximum atomic E-state index is 12.5. The lowest BCUT2D eigenvalue weighted by atomic mass is 10.2. The zero-order valence-electron chi connectivity index (χ0n) is 13.7. The Morgan fingerprint density at radius 2 is 2.00 bits per heavy atom. The van der Waals surface area contributed by atoms with Gasteiger partial charge in [0.1, 0.15) is 10.8 Å². The van der Waals surface area contributed by atoms with Gasteiger partial charge in [0, 0.05) is 17.2 Å². The SMILES string of the molecule is Cc1ccc(C)c(Sc2ncccc2C(=O)Nc2cc(C)on2)c1. The second kappa shape index (κ2) is 6.88. The summed E-state index contributed by atoms with van der Waals surface area (Å²) in [6, 6.07) is 11.4. The quantitative estimate of drug-likeness (QED) is 0.763. The molecule has 0 unspecified atom stereocenters. The lowest BCUT2D eigenvalue weighted by molar-refractivity contribution is 0.102. The van der Waals surface area contributed by atoms with Crippen molar-refractivity contribution in [3.63, 3.8) is 0 Å². The van der Waals surface area contributed by atoms with Crippen LogP contribution in [-0.4, -0.2) is 16.0 Å². The third-order valence-electron chi connectivity index (χ3n) is 3.44. The molecule has 0 bridgehead atoms. The number of rotatable bonds is 4. The number of aromatic nitrogens is 2. The number of anilines is 1. The minimum Gasteiger partial charge on any atom is -0.360 e. The van der Waals surface area contributed by atoms with Crippen molar-refractivity contribution in [2.45, 2.75) is 30.7 Å². The Bertz CT molecular complexity index is 889. The minimum atomic E-state index is -0.260. The number of nitrogens with one attached hydrogen (secondary N) is 1. The van der Waals surface area contributed by atoms with E-state index in [2.05, 4.69) is 33.7 Å². The molecule has 0 fully saturated rings. The highest BCUT2D eigenvalue weighted by atomic mass is 32.2. The van der Waals surface area contributed by atoms with Crippen LogP contribution in [0.15, 0.2) is 57.0 Å². The van der Waals surface area contributed by atoms with Gasteiger partial charge >= 0.3 is 0 Å². The number of pyridine rings is 1. The highest BCUT2D eigenvalue weighted by molar-refractivity contribution is 7.99. The minimum absolute atomic E-state index is 0.260. The fourth-order valence-electron chi connectivity index (χ4n) is 2.18. The summed E-state index contributed by atoms with van der Waals surface area (Å²) >= 11 is 1.48. The van der Waals surface area contributed by atoms with Crippen LogP contribution >= 0.6 is 11.8 Å². The first kappa shape index (κ1) is 16.3. The highest BCUT2D eigenvalue weighted by Crippen LogP contribution is 2.32. The van der Waals surface area contributed by atoms with Gasteiger partial charge < -0.3 is 9.84 Å². The van der Waals surface area contributed by atoms with Crippen molar-refractivity contribution in [2.24, 2.45) is 0 Å². The van der Waals surface area contributed by atoms with E-state index in [1.54, 1.807) is 31.3 Å². The van der Waals surface area contributed by atoms with Gasteiger partial charge in [0.2, 0.25) is 0 Å². The van der Waals surface area contributed by atoms with Gasteiger partial charge in [0.25, 0.3) is 5.91 Å². The summed E-state index contributed by atoms with van der Waals surface area (Å²) in [4.78, 5) is 18.0. The Morgan fingerprint density at radius 1 is 1.17 bits per heavy atom. The number of carbonyl (C=O) groups is 1. The third-order valence-corrected chi connectivity index (χ3v) is 4.61. The van der Waals surface area contributed by atoms with Crippen LogP contribution in [0.2, 0.25) is 0 Å². The normalized spacial score (nSPS) is 10.6. The second-order valence-corrected chi connectivity index (χ2v) is 6.53. The van der Waals surface area contributed by atoms with Crippen LogP contribution in [0.5, 0.6) is 0 Å². The van der Waals surface area contributed by atoms with E-state index in [1.165, 1.54) is 17.3 Å². The molecule has 122 valence electrons. The molecule has 0 atom stereocenters. The topological polar surface area (TPSA) is 68.0 Å². The molecule has 0 aliphatic heterocycles. The lowest BCUT2D eigenvalue weighted by Crippen LogP contribution is -2.13. The van der Waals surface area contributed by atoms with E-state index in [-0.39, 0.29) is 5.91 Å². The van der Waals surface area contributed by atoms with Crippen molar-refractivity contribution in [1.82, 2.24) is 10.1 Å². The van der Waals surface area contributed by atoms with E-state index < -0.39 is 0 Å². The van der Waals surface area contributed by atoms with Crippen LogP contribution in [-0.2, 0) is 0 Å². The summed E-state index contributed by atoms with van der Waals surface area (Å²) in [5, 5.41) is 7.18. The lowest BCUT2D eigenvalue weighted by Gasteiger charge is -2.10. The number of hydrogen-bond acceptors (Lipinski definition) is 5. The van der Waals surface area contributed by atoms with E-state index in [4.69, 9.17) is 4.52 Å². The molecule has 5 nitrogen and oxygen atoms in total. The molecule has 6 heteroatoms. The van der Waals surface area contributed by atoms with Crippen molar-refractivity contribution in [1.29, 1.82) is 0 Å². The van der Waals surface area contributed by atoms with Crippen molar-refractivity contribution < 1.29 is 9.32 Å². The Morgan fingerprint density at radius 3 is 2.75 bits per heavy atom. The molecule has 1 amide bonds. The molecule has 0 saturated heterocycles. The predicted molar refractivity (Wildman–Crippen MR) is 93.5 cm³/mol. The number of nitrogens with zero attached hydrogens (tertiary/aromatic N) is 2. The maximum absolute atomic E-state index is 12.5. The van der Waals surface area contributed by atoms with Crippen molar-refractivity contribution in [3.05, 3.63) is 65.0 Å². The zero-order valence-corrected chi connectivity index (χ0v) is 14.5. The molecule has 0 saturated carbocycles. The molecule has 0 aliphatic rings. The molecular formula is C18H17N3O2S. The van der Waals surface area contributed by atoms with Crippen LogP contribution in [0.25, 0.3) is 0 Å². The maximum Gasteiger partial charge on any atom is 0.259 e. The number of aryl methyl sites for hydroxylation is 3. The predicted octanol–water partition coefficient (Wildman–Crippen LogP) is 4.40. The first-order valence-corrected chi connectivity index (χ1v) is 8.29. The molecule has 1 aromatic carbocycles. The number of carbonyl (C=O) groups excluding carboxylic acids is 1. The third kappa shape index (κ3) is 3.65. The van der Waals surface area contributed by atoms with Crippen LogP contribution < -0.4 is 5.32 Å². The first-order chi connectivity index (χ1) is 11.5. The van der Waals surface area contributed by atoms with E-state index in [1.807, 2.05) is 13.8 Å². The van der Waals surface area contributed by atoms with Gasteiger partial charge in [0.05, 0.1) is 5.56 Å². The molecular weight excluding hydrogens is 322 g/mol. The van der Waals surface area contributed by atoms with E-state index in [9.17, 15) is 4.79 Å². The molecule has 0 aliphatic carbocycles. The zero-order chi connectivity index (χ0) is 17.1. The fraction of sp³-hybridized carbons (Fsp3) is 0.167. The Labute approximate surface area is 144 Å². The molecule has 3 aromatic rings. The van der Waals surface area contributed by atoms with E-state index >= 15 is 0 Å². The van der Waals surface area contributed by atoms with Gasteiger partial charge in [0.15, 0.2) is 5.82 Å². The molecule has 0 spiro atoms. The molecule has 3 rings (SSSR count).